The van der Waals surface area contributed by atoms with Crippen LogP contribution >= 0.6 is 11.6 Å². The number of carbonyl (C=O) groups is 1. The Bertz CT molecular complexity index is 662. The molecule has 1 amide bonds. The predicted octanol–water partition coefficient (Wildman–Crippen LogP) is 3.72. The van der Waals surface area contributed by atoms with Crippen LogP contribution in [0.5, 0.6) is 0 Å². The molecule has 116 valence electrons. The molecule has 0 unspecified atom stereocenters. The molecule has 0 aliphatic heterocycles. The fourth-order valence-corrected chi connectivity index (χ4v) is 1.96. The monoisotopic (exact) mass is 329 g/mol. The first-order chi connectivity index (χ1) is 10.4. The molecule has 0 fully saturated rings. The molecule has 0 spiro atoms. The number of halogens is 4. The summed E-state index contributed by atoms with van der Waals surface area (Å²) in [6.45, 7) is 0. The molecule has 1 N–H and O–H groups in total. The van der Waals surface area contributed by atoms with E-state index in [0.717, 1.165) is 17.7 Å². The molecule has 0 bridgehead atoms. The van der Waals surface area contributed by atoms with Gasteiger partial charge in [-0.1, -0.05) is 11.6 Å². The van der Waals surface area contributed by atoms with Gasteiger partial charge in [-0.25, -0.2) is 9.97 Å². The van der Waals surface area contributed by atoms with E-state index in [1.54, 1.807) is 12.4 Å². The minimum atomic E-state index is -4.60. The smallest absolute Gasteiger partial charge is 0.325 e. The first kappa shape index (κ1) is 16.2. The Balaban J connectivity index is 2.06. The lowest BCUT2D eigenvalue weighted by Crippen LogP contribution is -2.17. The van der Waals surface area contributed by atoms with E-state index in [1.807, 2.05) is 0 Å². The lowest BCUT2D eigenvalue weighted by molar-refractivity contribution is -0.137. The number of rotatable bonds is 4. The van der Waals surface area contributed by atoms with Gasteiger partial charge in [0.1, 0.15) is 6.33 Å². The molecule has 0 radical (unpaired) electrons. The fourth-order valence-electron chi connectivity index (χ4n) is 1.79. The molecule has 2 rings (SSSR count). The molecule has 1 aromatic carbocycles. The maximum absolute atomic E-state index is 12.9. The van der Waals surface area contributed by atoms with E-state index in [1.165, 1.54) is 12.4 Å². The summed E-state index contributed by atoms with van der Waals surface area (Å²) in [7, 11) is 0. The van der Waals surface area contributed by atoms with Crippen molar-refractivity contribution < 1.29 is 18.0 Å². The van der Waals surface area contributed by atoms with Crippen LogP contribution in [0.4, 0.5) is 18.9 Å². The van der Waals surface area contributed by atoms with Crippen molar-refractivity contribution in [2.24, 2.45) is 0 Å². The van der Waals surface area contributed by atoms with Crippen molar-refractivity contribution in [2.45, 2.75) is 19.0 Å². The molecule has 22 heavy (non-hydrogen) atoms. The van der Waals surface area contributed by atoms with Crippen molar-refractivity contribution in [3.63, 3.8) is 0 Å². The van der Waals surface area contributed by atoms with Crippen LogP contribution in [0.1, 0.15) is 17.5 Å². The van der Waals surface area contributed by atoms with Crippen molar-refractivity contribution in [3.05, 3.63) is 53.1 Å². The minimum absolute atomic E-state index is 0.0211. The third-order valence-electron chi connectivity index (χ3n) is 2.82. The summed E-state index contributed by atoms with van der Waals surface area (Å²) < 4.78 is 38.7. The zero-order valence-corrected chi connectivity index (χ0v) is 11.9. The fraction of sp³-hybridized carbons (Fsp3) is 0.214. The highest BCUT2D eigenvalue weighted by Crippen LogP contribution is 2.36. The van der Waals surface area contributed by atoms with Crippen LogP contribution in [0.2, 0.25) is 5.02 Å². The van der Waals surface area contributed by atoms with Gasteiger partial charge >= 0.3 is 6.18 Å². The second-order valence-corrected chi connectivity index (χ2v) is 4.92. The normalized spacial score (nSPS) is 11.3. The Morgan fingerprint density at radius 2 is 1.91 bits per heavy atom. The van der Waals surface area contributed by atoms with Gasteiger partial charge in [0.15, 0.2) is 0 Å². The van der Waals surface area contributed by atoms with E-state index in [4.69, 9.17) is 11.6 Å². The lowest BCUT2D eigenvalue weighted by atomic mass is 10.1. The number of nitrogens with one attached hydrogen (secondary N) is 1. The summed E-state index contributed by atoms with van der Waals surface area (Å²) in [5, 5.41) is 2.21. The summed E-state index contributed by atoms with van der Waals surface area (Å²) in [5.41, 5.74) is -0.563. The highest BCUT2D eigenvalue weighted by molar-refractivity contribution is 6.30. The van der Waals surface area contributed by atoms with Gasteiger partial charge in [-0.2, -0.15) is 13.2 Å². The zero-order valence-electron chi connectivity index (χ0n) is 11.2. The second-order valence-electron chi connectivity index (χ2n) is 4.48. The van der Waals surface area contributed by atoms with Gasteiger partial charge in [0.2, 0.25) is 5.91 Å². The highest BCUT2D eigenvalue weighted by atomic mass is 35.5. The number of alkyl halides is 3. The first-order valence-corrected chi connectivity index (χ1v) is 6.64. The van der Waals surface area contributed by atoms with E-state index in [9.17, 15) is 18.0 Å². The van der Waals surface area contributed by atoms with Crippen molar-refractivity contribution >= 4 is 23.2 Å². The van der Waals surface area contributed by atoms with Gasteiger partial charge < -0.3 is 5.32 Å². The van der Waals surface area contributed by atoms with Crippen LogP contribution in [0.25, 0.3) is 0 Å². The molecule has 4 nitrogen and oxygen atoms in total. The molecule has 0 atom stereocenters. The molecular weight excluding hydrogens is 319 g/mol. The molecule has 8 heteroatoms. The summed E-state index contributed by atoms with van der Waals surface area (Å²) in [4.78, 5) is 19.4. The highest BCUT2D eigenvalue weighted by Gasteiger charge is 2.34. The van der Waals surface area contributed by atoms with E-state index < -0.39 is 17.6 Å². The summed E-state index contributed by atoms with van der Waals surface area (Å²) in [6, 6.07) is 3.20. The van der Waals surface area contributed by atoms with Crippen LogP contribution in [-0.2, 0) is 17.4 Å². The van der Waals surface area contributed by atoms with Crippen LogP contribution in [0.3, 0.4) is 0 Å². The van der Waals surface area contributed by atoms with E-state index in [0.29, 0.717) is 6.42 Å². The van der Waals surface area contributed by atoms with Gasteiger partial charge in [-0.3, -0.25) is 4.79 Å². The van der Waals surface area contributed by atoms with Gasteiger partial charge in [-0.15, -0.1) is 0 Å². The third kappa shape index (κ3) is 4.42. The van der Waals surface area contributed by atoms with Crippen molar-refractivity contribution in [1.29, 1.82) is 0 Å². The molecule has 0 saturated heterocycles. The Labute approximate surface area is 129 Å². The largest absolute Gasteiger partial charge is 0.418 e. The van der Waals surface area contributed by atoms with E-state index in [-0.39, 0.29) is 17.1 Å². The Hall–Kier alpha value is -2.15. The van der Waals surface area contributed by atoms with Gasteiger partial charge in [-0.05, 0) is 30.2 Å². The second kappa shape index (κ2) is 6.74. The molecule has 1 heterocycles. The van der Waals surface area contributed by atoms with Gasteiger partial charge in [0, 0.05) is 23.8 Å². The van der Waals surface area contributed by atoms with Crippen LogP contribution in [0.15, 0.2) is 36.9 Å². The summed E-state index contributed by atoms with van der Waals surface area (Å²) >= 11 is 5.57. The van der Waals surface area contributed by atoms with E-state index >= 15 is 0 Å². The van der Waals surface area contributed by atoms with Crippen LogP contribution in [-0.4, -0.2) is 15.9 Å². The first-order valence-electron chi connectivity index (χ1n) is 6.27. The molecular formula is C14H11ClF3N3O. The minimum Gasteiger partial charge on any atom is -0.325 e. The number of aromatic nitrogens is 2. The number of hydrogen-bond donors (Lipinski definition) is 1. The predicted molar refractivity (Wildman–Crippen MR) is 75.4 cm³/mol. The SMILES string of the molecule is O=C(CCc1cncnc1)Nc1ccc(Cl)cc1C(F)(F)F. The zero-order chi connectivity index (χ0) is 16.2. The Morgan fingerprint density at radius 3 is 2.55 bits per heavy atom. The average molecular weight is 330 g/mol. The maximum atomic E-state index is 12.9. The summed E-state index contributed by atoms with van der Waals surface area (Å²) in [5.74, 6) is -0.531. The van der Waals surface area contributed by atoms with Gasteiger partial charge in [0.05, 0.1) is 11.3 Å². The standard InChI is InChI=1S/C14H11ClF3N3O/c15-10-2-3-12(11(5-10)14(16,17)18)21-13(22)4-1-9-6-19-8-20-7-9/h2-3,5-8H,1,4H2,(H,21,22). The molecule has 0 saturated carbocycles. The number of carbonyl (C=O) groups excluding carboxylic acids is 1. The van der Waals surface area contributed by atoms with Crippen LogP contribution < -0.4 is 5.32 Å². The number of hydrogen-bond acceptors (Lipinski definition) is 3. The number of nitrogens with zero attached hydrogens (tertiary/aromatic N) is 2. The molecule has 2 aromatic rings. The van der Waals surface area contributed by atoms with Crippen molar-refractivity contribution in [1.82, 2.24) is 9.97 Å². The lowest BCUT2D eigenvalue weighted by Gasteiger charge is -2.14. The van der Waals surface area contributed by atoms with Crippen molar-refractivity contribution in [3.8, 4) is 0 Å². The number of amides is 1. The Morgan fingerprint density at radius 1 is 1.23 bits per heavy atom. The molecule has 0 aliphatic carbocycles. The van der Waals surface area contributed by atoms with E-state index in [2.05, 4.69) is 15.3 Å². The number of aryl methyl sites for hydroxylation is 1. The Kier molecular flexibility index (Phi) is 4.97. The maximum Gasteiger partial charge on any atom is 0.418 e. The quantitative estimate of drug-likeness (QED) is 0.930. The number of anilines is 1. The molecule has 0 aliphatic rings. The van der Waals surface area contributed by atoms with Crippen LogP contribution in [0, 0.1) is 0 Å². The average Bonchev–Trinajstić information content (AvgIpc) is 2.47. The third-order valence-corrected chi connectivity index (χ3v) is 3.05. The van der Waals surface area contributed by atoms with Crippen molar-refractivity contribution in [2.75, 3.05) is 5.32 Å². The summed E-state index contributed by atoms with van der Waals surface area (Å²) in [6.07, 6.45) is 0.204. The number of benzene rings is 1. The van der Waals surface area contributed by atoms with Gasteiger partial charge in [0.25, 0.3) is 0 Å². The topological polar surface area (TPSA) is 54.9 Å². The molecule has 1 aromatic heterocycles.